The van der Waals surface area contributed by atoms with Crippen LogP contribution in [0, 0.1) is 5.82 Å². The van der Waals surface area contributed by atoms with Crippen molar-refractivity contribution in [2.24, 2.45) is 5.73 Å². The minimum Gasteiger partial charge on any atom is -0.377 e. The molecule has 0 aromatic heterocycles. The van der Waals surface area contributed by atoms with Crippen LogP contribution in [0.4, 0.5) is 15.8 Å². The molecule has 4 rings (SSSR count). The molecule has 28 heavy (non-hydrogen) atoms. The van der Waals surface area contributed by atoms with Crippen molar-refractivity contribution < 1.29 is 14.0 Å². The van der Waals surface area contributed by atoms with Crippen molar-refractivity contribution >= 4 is 23.6 Å². The Labute approximate surface area is 163 Å². The van der Waals surface area contributed by atoms with E-state index in [1.54, 1.807) is 13.2 Å². The van der Waals surface area contributed by atoms with Crippen LogP contribution in [0.5, 0.6) is 0 Å². The highest BCUT2D eigenvalue weighted by Crippen LogP contribution is 2.46. The van der Waals surface area contributed by atoms with Gasteiger partial charge in [0.1, 0.15) is 5.82 Å². The van der Waals surface area contributed by atoms with Gasteiger partial charge in [-0.3, -0.25) is 9.59 Å². The van der Waals surface area contributed by atoms with Gasteiger partial charge in [-0.25, -0.2) is 4.39 Å². The van der Waals surface area contributed by atoms with Gasteiger partial charge in [0.05, 0.1) is 22.7 Å². The van der Waals surface area contributed by atoms with Gasteiger partial charge in [-0.15, -0.1) is 0 Å². The van der Waals surface area contributed by atoms with Crippen LogP contribution >= 0.6 is 0 Å². The summed E-state index contributed by atoms with van der Waals surface area (Å²) < 4.78 is 14.0. The maximum absolute atomic E-state index is 14.0. The lowest BCUT2D eigenvalue weighted by molar-refractivity contribution is -0.123. The molecule has 2 aliphatic heterocycles. The van der Waals surface area contributed by atoms with Gasteiger partial charge >= 0.3 is 0 Å². The number of carbonyl (C=O) groups excluding carboxylic acids is 2. The third-order valence-corrected chi connectivity index (χ3v) is 6.03. The number of carbonyl (C=O) groups is 1. The highest BCUT2D eigenvalue weighted by molar-refractivity contribution is 5.94. The standard InChI is InChI=1S/C22H23FN3O2/c1-22(21(24)28)12-19(25-20-15(13-27)9-16(23)11-18(20)22)14-5-4-6-17(10-14)26-7-2-3-8-26/h4-6,9-11,19,25H,2-3,7-8,12H2,1H3,(H2,24,28). The molecular weight excluding hydrogens is 357 g/mol. The molecule has 1 amide bonds. The van der Waals surface area contributed by atoms with E-state index in [1.165, 1.54) is 18.9 Å². The number of primary amides is 1. The van der Waals surface area contributed by atoms with Crippen LogP contribution in [0.25, 0.3) is 0 Å². The summed E-state index contributed by atoms with van der Waals surface area (Å²) in [4.78, 5) is 26.1. The molecule has 2 unspecified atom stereocenters. The Morgan fingerprint density at radius 3 is 2.71 bits per heavy atom. The predicted octanol–water partition coefficient (Wildman–Crippen LogP) is 3.18. The molecule has 0 saturated carbocycles. The molecule has 1 saturated heterocycles. The Morgan fingerprint density at radius 1 is 1.29 bits per heavy atom. The van der Waals surface area contributed by atoms with Crippen molar-refractivity contribution in [3.8, 4) is 0 Å². The van der Waals surface area contributed by atoms with E-state index >= 15 is 0 Å². The topological polar surface area (TPSA) is 75.4 Å². The Bertz CT molecular complexity index is 939. The van der Waals surface area contributed by atoms with E-state index in [1.807, 2.05) is 12.1 Å². The zero-order valence-corrected chi connectivity index (χ0v) is 15.8. The van der Waals surface area contributed by atoms with E-state index in [-0.39, 0.29) is 11.6 Å². The largest absolute Gasteiger partial charge is 0.377 e. The van der Waals surface area contributed by atoms with Gasteiger partial charge in [-0.1, -0.05) is 12.1 Å². The molecule has 2 aromatic rings. The van der Waals surface area contributed by atoms with Crippen LogP contribution in [-0.4, -0.2) is 25.3 Å². The monoisotopic (exact) mass is 380 g/mol. The molecule has 2 aliphatic rings. The van der Waals surface area contributed by atoms with E-state index in [2.05, 4.69) is 22.3 Å². The molecule has 1 radical (unpaired) electrons. The molecule has 1 fully saturated rings. The third-order valence-electron chi connectivity index (χ3n) is 6.03. The fourth-order valence-corrected chi connectivity index (χ4v) is 4.37. The second kappa shape index (κ2) is 6.93. The molecule has 3 N–H and O–H groups in total. The van der Waals surface area contributed by atoms with Gasteiger partial charge in [0.15, 0.2) is 0 Å². The van der Waals surface area contributed by atoms with Gasteiger partial charge < -0.3 is 16.0 Å². The van der Waals surface area contributed by atoms with Crippen LogP contribution in [-0.2, 0) is 15.0 Å². The van der Waals surface area contributed by atoms with Gasteiger partial charge in [0.25, 0.3) is 0 Å². The maximum Gasteiger partial charge on any atom is 0.235 e. The normalized spacial score (nSPS) is 23.8. The second-order valence-electron chi connectivity index (χ2n) is 7.86. The number of fused-ring (bicyclic) bond motifs is 1. The molecule has 2 heterocycles. The number of nitrogens with zero attached hydrogens (tertiary/aromatic N) is 1. The SMILES string of the molecule is CC1(C(N)=O)CC(c2cccc(N3CCCC3)c2)Nc2c([C]=O)cc(F)cc21. The number of anilines is 2. The van der Waals surface area contributed by atoms with Crippen molar-refractivity contribution in [1.82, 2.24) is 0 Å². The predicted molar refractivity (Wildman–Crippen MR) is 107 cm³/mol. The zero-order chi connectivity index (χ0) is 19.9. The fourth-order valence-electron chi connectivity index (χ4n) is 4.37. The zero-order valence-electron chi connectivity index (χ0n) is 15.8. The fraction of sp³-hybridized carbons (Fsp3) is 0.364. The minimum atomic E-state index is -1.09. The Kier molecular flexibility index (Phi) is 4.57. The maximum atomic E-state index is 14.0. The summed E-state index contributed by atoms with van der Waals surface area (Å²) in [6.45, 7) is 3.78. The Balaban J connectivity index is 1.78. The number of rotatable bonds is 4. The Morgan fingerprint density at radius 2 is 2.04 bits per heavy atom. The average Bonchev–Trinajstić information content (AvgIpc) is 3.22. The quantitative estimate of drug-likeness (QED) is 0.854. The van der Waals surface area contributed by atoms with Crippen LogP contribution in [0.2, 0.25) is 0 Å². The van der Waals surface area contributed by atoms with Crippen LogP contribution in [0.15, 0.2) is 36.4 Å². The van der Waals surface area contributed by atoms with Crippen molar-refractivity contribution in [2.75, 3.05) is 23.3 Å². The molecule has 6 heteroatoms. The summed E-state index contributed by atoms with van der Waals surface area (Å²) in [7, 11) is 0. The van der Waals surface area contributed by atoms with Crippen molar-refractivity contribution in [3.63, 3.8) is 0 Å². The van der Waals surface area contributed by atoms with Gasteiger partial charge in [-0.05, 0) is 61.6 Å². The highest BCUT2D eigenvalue weighted by atomic mass is 19.1. The van der Waals surface area contributed by atoms with Crippen LogP contribution in [0.1, 0.15) is 48.9 Å². The average molecular weight is 380 g/mol. The number of hydrogen-bond acceptors (Lipinski definition) is 4. The molecule has 2 atom stereocenters. The first-order valence-corrected chi connectivity index (χ1v) is 9.56. The molecule has 5 nitrogen and oxygen atoms in total. The van der Waals surface area contributed by atoms with E-state index in [4.69, 9.17) is 5.73 Å². The summed E-state index contributed by atoms with van der Waals surface area (Å²) >= 11 is 0. The minimum absolute atomic E-state index is 0.0721. The molecule has 0 spiro atoms. The van der Waals surface area contributed by atoms with E-state index in [9.17, 15) is 14.0 Å². The lowest BCUT2D eigenvalue weighted by Crippen LogP contribution is -2.44. The summed E-state index contributed by atoms with van der Waals surface area (Å²) in [5.74, 6) is -1.13. The summed E-state index contributed by atoms with van der Waals surface area (Å²) in [5.41, 5.74) is 7.69. The summed E-state index contributed by atoms with van der Waals surface area (Å²) in [5, 5.41) is 3.33. The van der Waals surface area contributed by atoms with E-state index in [0.717, 1.165) is 30.4 Å². The smallest absolute Gasteiger partial charge is 0.235 e. The first kappa shape index (κ1) is 18.5. The molecule has 145 valence electrons. The van der Waals surface area contributed by atoms with Crippen molar-refractivity contribution in [1.29, 1.82) is 0 Å². The second-order valence-corrected chi connectivity index (χ2v) is 7.86. The molecule has 0 bridgehead atoms. The number of nitrogens with two attached hydrogens (primary N) is 1. The van der Waals surface area contributed by atoms with Crippen LogP contribution in [0.3, 0.4) is 0 Å². The lowest BCUT2D eigenvalue weighted by Gasteiger charge is -2.39. The van der Waals surface area contributed by atoms with Gasteiger partial charge in [0, 0.05) is 18.8 Å². The lowest BCUT2D eigenvalue weighted by atomic mass is 9.71. The number of amides is 1. The summed E-state index contributed by atoms with van der Waals surface area (Å²) in [6.07, 6.45) is 4.53. The van der Waals surface area contributed by atoms with Crippen molar-refractivity contribution in [2.45, 2.75) is 37.6 Å². The van der Waals surface area contributed by atoms with Crippen molar-refractivity contribution in [3.05, 3.63) is 58.9 Å². The third kappa shape index (κ3) is 3.03. The van der Waals surface area contributed by atoms with E-state index in [0.29, 0.717) is 17.7 Å². The summed E-state index contributed by atoms with van der Waals surface area (Å²) in [6, 6.07) is 10.4. The number of halogens is 1. The first-order valence-electron chi connectivity index (χ1n) is 9.56. The van der Waals surface area contributed by atoms with Gasteiger partial charge in [0.2, 0.25) is 12.2 Å². The number of hydrogen-bond donors (Lipinski definition) is 2. The molecule has 2 aromatic carbocycles. The number of benzene rings is 2. The van der Waals surface area contributed by atoms with Gasteiger partial charge in [-0.2, -0.15) is 0 Å². The van der Waals surface area contributed by atoms with Crippen LogP contribution < -0.4 is 16.0 Å². The highest BCUT2D eigenvalue weighted by Gasteiger charge is 2.43. The number of nitrogens with one attached hydrogen (secondary N) is 1. The molecule has 0 aliphatic carbocycles. The first-order chi connectivity index (χ1) is 13.4. The van der Waals surface area contributed by atoms with E-state index < -0.39 is 17.1 Å². The Hall–Kier alpha value is -2.89. The molecular formula is C22H23FN3O2.